The second-order valence-corrected chi connectivity index (χ2v) is 5.14. The Hall–Kier alpha value is -0.710. The van der Waals surface area contributed by atoms with Crippen LogP contribution in [0, 0.1) is 0 Å². The number of thioether (sulfide) groups is 1. The summed E-state index contributed by atoms with van der Waals surface area (Å²) in [5.74, 6) is 1.92. The van der Waals surface area contributed by atoms with E-state index in [1.165, 1.54) is 4.90 Å². The van der Waals surface area contributed by atoms with E-state index in [0.717, 1.165) is 30.1 Å². The van der Waals surface area contributed by atoms with Crippen molar-refractivity contribution >= 4 is 11.8 Å². The van der Waals surface area contributed by atoms with E-state index in [1.807, 2.05) is 12.1 Å². The zero-order valence-electron chi connectivity index (χ0n) is 11.3. The smallest absolute Gasteiger partial charge is 0.125 e. The summed E-state index contributed by atoms with van der Waals surface area (Å²) in [7, 11) is 0. The Balaban J connectivity index is 2.55. The van der Waals surface area contributed by atoms with Crippen molar-refractivity contribution in [2.75, 3.05) is 25.6 Å². The molecule has 0 atom stereocenters. The van der Waals surface area contributed by atoms with Gasteiger partial charge in [0, 0.05) is 23.6 Å². The molecular weight excluding hydrogens is 246 g/mol. The molecule has 0 saturated heterocycles. The third kappa shape index (κ3) is 4.88. The zero-order chi connectivity index (χ0) is 13.2. The molecule has 1 aromatic carbocycles. The van der Waals surface area contributed by atoms with Crippen molar-refractivity contribution in [2.45, 2.75) is 31.7 Å². The first-order chi connectivity index (χ1) is 8.83. The SMILES string of the molecule is CCCOCCOc1cccc(SCC)c1CN. The second-order valence-electron chi connectivity index (χ2n) is 3.83. The fraction of sp³-hybridized carbons (Fsp3) is 0.571. The number of ether oxygens (including phenoxy) is 2. The van der Waals surface area contributed by atoms with E-state index >= 15 is 0 Å². The van der Waals surface area contributed by atoms with Crippen LogP contribution in [-0.4, -0.2) is 25.6 Å². The van der Waals surface area contributed by atoms with Crippen LogP contribution in [0.5, 0.6) is 5.75 Å². The van der Waals surface area contributed by atoms with Crippen LogP contribution in [0.25, 0.3) is 0 Å². The van der Waals surface area contributed by atoms with Crippen molar-refractivity contribution in [1.82, 2.24) is 0 Å². The van der Waals surface area contributed by atoms with Gasteiger partial charge in [0.05, 0.1) is 6.61 Å². The van der Waals surface area contributed by atoms with Gasteiger partial charge in [-0.2, -0.15) is 0 Å². The molecular formula is C14H23NO2S. The minimum atomic E-state index is 0.508. The number of nitrogens with two attached hydrogens (primary N) is 1. The number of benzene rings is 1. The highest BCUT2D eigenvalue weighted by Gasteiger charge is 2.07. The van der Waals surface area contributed by atoms with E-state index in [1.54, 1.807) is 11.8 Å². The van der Waals surface area contributed by atoms with E-state index < -0.39 is 0 Å². The monoisotopic (exact) mass is 269 g/mol. The Bertz CT molecular complexity index is 345. The summed E-state index contributed by atoms with van der Waals surface area (Å²) in [5, 5.41) is 0. The quantitative estimate of drug-likeness (QED) is 0.553. The average Bonchev–Trinajstić information content (AvgIpc) is 2.39. The highest BCUT2D eigenvalue weighted by atomic mass is 32.2. The minimum Gasteiger partial charge on any atom is -0.491 e. The van der Waals surface area contributed by atoms with Gasteiger partial charge in [0.25, 0.3) is 0 Å². The molecule has 0 amide bonds. The molecule has 0 radical (unpaired) electrons. The number of rotatable bonds is 9. The predicted molar refractivity (Wildman–Crippen MR) is 77.3 cm³/mol. The molecule has 3 nitrogen and oxygen atoms in total. The standard InChI is InChI=1S/C14H23NO2S/c1-3-8-16-9-10-17-13-6-5-7-14(18-4-2)12(13)11-15/h5-7H,3-4,8-11,15H2,1-2H3. The molecule has 4 heteroatoms. The van der Waals surface area contributed by atoms with Crippen LogP contribution < -0.4 is 10.5 Å². The molecule has 2 N–H and O–H groups in total. The molecule has 0 heterocycles. The Kier molecular flexibility index (Phi) is 7.89. The maximum Gasteiger partial charge on any atom is 0.125 e. The molecule has 0 unspecified atom stereocenters. The molecule has 0 aliphatic rings. The highest BCUT2D eigenvalue weighted by Crippen LogP contribution is 2.29. The van der Waals surface area contributed by atoms with E-state index in [4.69, 9.17) is 15.2 Å². The lowest BCUT2D eigenvalue weighted by atomic mass is 10.2. The largest absolute Gasteiger partial charge is 0.491 e. The van der Waals surface area contributed by atoms with Gasteiger partial charge in [-0.05, 0) is 24.3 Å². The Morgan fingerprint density at radius 1 is 1.17 bits per heavy atom. The van der Waals surface area contributed by atoms with Crippen LogP contribution in [0.2, 0.25) is 0 Å². The Morgan fingerprint density at radius 3 is 2.67 bits per heavy atom. The van der Waals surface area contributed by atoms with Gasteiger partial charge in [0.1, 0.15) is 12.4 Å². The van der Waals surface area contributed by atoms with Crippen molar-refractivity contribution in [3.63, 3.8) is 0 Å². The summed E-state index contributed by atoms with van der Waals surface area (Å²) in [6.45, 7) is 6.74. The number of hydrogen-bond acceptors (Lipinski definition) is 4. The van der Waals surface area contributed by atoms with Crippen LogP contribution in [0.3, 0.4) is 0 Å². The molecule has 0 aromatic heterocycles. The van der Waals surface area contributed by atoms with E-state index in [2.05, 4.69) is 19.9 Å². The van der Waals surface area contributed by atoms with Gasteiger partial charge in [0.2, 0.25) is 0 Å². The molecule has 0 bridgehead atoms. The first-order valence-electron chi connectivity index (χ1n) is 6.48. The molecule has 1 aromatic rings. The molecule has 0 saturated carbocycles. The maximum atomic E-state index is 5.81. The van der Waals surface area contributed by atoms with E-state index in [-0.39, 0.29) is 0 Å². The summed E-state index contributed by atoms with van der Waals surface area (Å²) in [5.41, 5.74) is 6.91. The zero-order valence-corrected chi connectivity index (χ0v) is 12.1. The minimum absolute atomic E-state index is 0.508. The summed E-state index contributed by atoms with van der Waals surface area (Å²) < 4.78 is 11.1. The van der Waals surface area contributed by atoms with E-state index in [0.29, 0.717) is 19.8 Å². The van der Waals surface area contributed by atoms with Crippen LogP contribution in [0.15, 0.2) is 23.1 Å². The lowest BCUT2D eigenvalue weighted by molar-refractivity contribution is 0.100. The molecule has 0 fully saturated rings. The van der Waals surface area contributed by atoms with Gasteiger partial charge in [-0.1, -0.05) is 19.9 Å². The molecule has 0 aliphatic heterocycles. The lowest BCUT2D eigenvalue weighted by Crippen LogP contribution is -2.10. The van der Waals surface area contributed by atoms with Crippen molar-refractivity contribution < 1.29 is 9.47 Å². The first kappa shape index (κ1) is 15.3. The molecule has 0 aliphatic carbocycles. The van der Waals surface area contributed by atoms with Crippen molar-refractivity contribution in [3.8, 4) is 5.75 Å². The summed E-state index contributed by atoms with van der Waals surface area (Å²) in [6, 6.07) is 6.08. The van der Waals surface area contributed by atoms with Gasteiger partial charge >= 0.3 is 0 Å². The third-order valence-electron chi connectivity index (χ3n) is 2.43. The van der Waals surface area contributed by atoms with Crippen LogP contribution >= 0.6 is 11.8 Å². The van der Waals surface area contributed by atoms with Gasteiger partial charge in [-0.25, -0.2) is 0 Å². The fourth-order valence-corrected chi connectivity index (χ4v) is 2.47. The summed E-state index contributed by atoms with van der Waals surface area (Å²) >= 11 is 1.80. The predicted octanol–water partition coefficient (Wildman–Crippen LogP) is 3.06. The van der Waals surface area contributed by atoms with Gasteiger partial charge in [-0.15, -0.1) is 11.8 Å². The van der Waals surface area contributed by atoms with Crippen molar-refractivity contribution in [2.24, 2.45) is 5.73 Å². The Labute approximate surface area is 114 Å². The van der Waals surface area contributed by atoms with Crippen molar-refractivity contribution in [3.05, 3.63) is 23.8 Å². The summed E-state index contributed by atoms with van der Waals surface area (Å²) in [4.78, 5) is 1.21. The Morgan fingerprint density at radius 2 is 2.00 bits per heavy atom. The van der Waals surface area contributed by atoms with Crippen LogP contribution in [-0.2, 0) is 11.3 Å². The van der Waals surface area contributed by atoms with Crippen LogP contribution in [0.1, 0.15) is 25.8 Å². The molecule has 0 spiro atoms. The topological polar surface area (TPSA) is 44.5 Å². The highest BCUT2D eigenvalue weighted by molar-refractivity contribution is 7.99. The third-order valence-corrected chi connectivity index (χ3v) is 3.41. The van der Waals surface area contributed by atoms with E-state index in [9.17, 15) is 0 Å². The molecule has 18 heavy (non-hydrogen) atoms. The van der Waals surface area contributed by atoms with Crippen LogP contribution in [0.4, 0.5) is 0 Å². The second kappa shape index (κ2) is 9.25. The van der Waals surface area contributed by atoms with Gasteiger partial charge < -0.3 is 15.2 Å². The molecule has 102 valence electrons. The fourth-order valence-electron chi connectivity index (χ4n) is 1.63. The summed E-state index contributed by atoms with van der Waals surface area (Å²) in [6.07, 6.45) is 1.04. The first-order valence-corrected chi connectivity index (χ1v) is 7.47. The maximum absolute atomic E-state index is 5.81. The lowest BCUT2D eigenvalue weighted by Gasteiger charge is -2.13. The average molecular weight is 269 g/mol. The normalized spacial score (nSPS) is 10.6. The van der Waals surface area contributed by atoms with Gasteiger partial charge in [0.15, 0.2) is 0 Å². The van der Waals surface area contributed by atoms with Gasteiger partial charge in [-0.3, -0.25) is 0 Å². The van der Waals surface area contributed by atoms with Crippen molar-refractivity contribution in [1.29, 1.82) is 0 Å². The molecule has 1 rings (SSSR count). The number of hydrogen-bond donors (Lipinski definition) is 1.